The van der Waals surface area contributed by atoms with E-state index < -0.39 is 0 Å². The fourth-order valence-corrected chi connectivity index (χ4v) is 3.12. The first kappa shape index (κ1) is 19.5. The summed E-state index contributed by atoms with van der Waals surface area (Å²) in [5, 5.41) is 3.78. The van der Waals surface area contributed by atoms with Crippen LogP contribution in [0.15, 0.2) is 65.1 Å². The van der Waals surface area contributed by atoms with Gasteiger partial charge >= 0.3 is 0 Å². The molecule has 0 aliphatic rings. The van der Waals surface area contributed by atoms with Crippen LogP contribution in [0.25, 0.3) is 0 Å². The van der Waals surface area contributed by atoms with Crippen molar-refractivity contribution in [3.05, 3.63) is 87.1 Å². The van der Waals surface area contributed by atoms with Gasteiger partial charge in [0.15, 0.2) is 11.5 Å². The highest BCUT2D eigenvalue weighted by Crippen LogP contribution is 2.37. The summed E-state index contributed by atoms with van der Waals surface area (Å²) in [4.78, 5) is 0. The maximum Gasteiger partial charge on any atom is 0.180 e. The number of anilines is 1. The van der Waals surface area contributed by atoms with Crippen molar-refractivity contribution in [2.45, 2.75) is 13.2 Å². The molecule has 0 atom stereocenters. The number of halogens is 3. The molecule has 3 nitrogen and oxygen atoms in total. The van der Waals surface area contributed by atoms with Gasteiger partial charge in [0.1, 0.15) is 12.4 Å². The molecule has 0 unspecified atom stereocenters. The van der Waals surface area contributed by atoms with E-state index >= 15 is 0 Å². The Morgan fingerprint density at radius 3 is 2.52 bits per heavy atom. The van der Waals surface area contributed by atoms with Crippen LogP contribution in [0.2, 0.25) is 5.02 Å². The number of hydrogen-bond donors (Lipinski definition) is 1. The van der Waals surface area contributed by atoms with Gasteiger partial charge in [0.2, 0.25) is 0 Å². The van der Waals surface area contributed by atoms with E-state index in [1.165, 1.54) is 12.1 Å². The summed E-state index contributed by atoms with van der Waals surface area (Å²) >= 11 is 9.82. The first-order valence-electron chi connectivity index (χ1n) is 8.28. The zero-order valence-corrected chi connectivity index (χ0v) is 17.0. The number of methoxy groups -OCH3 is 1. The minimum atomic E-state index is -0.302. The van der Waals surface area contributed by atoms with E-state index in [2.05, 4.69) is 21.2 Å². The van der Waals surface area contributed by atoms with Crippen LogP contribution in [-0.4, -0.2) is 7.11 Å². The van der Waals surface area contributed by atoms with E-state index in [4.69, 9.17) is 21.1 Å². The summed E-state index contributed by atoms with van der Waals surface area (Å²) in [6.07, 6.45) is 0. The van der Waals surface area contributed by atoms with E-state index in [1.54, 1.807) is 19.2 Å². The Hall–Kier alpha value is -2.24. The van der Waals surface area contributed by atoms with Crippen LogP contribution < -0.4 is 14.8 Å². The smallest absolute Gasteiger partial charge is 0.180 e. The van der Waals surface area contributed by atoms with E-state index in [0.29, 0.717) is 28.6 Å². The molecule has 3 rings (SSSR count). The third kappa shape index (κ3) is 5.37. The first-order valence-corrected chi connectivity index (χ1v) is 9.45. The van der Waals surface area contributed by atoms with Crippen molar-refractivity contribution < 1.29 is 13.9 Å². The predicted octanol–water partition coefficient (Wildman–Crippen LogP) is 6.44. The highest BCUT2D eigenvalue weighted by molar-refractivity contribution is 9.10. The third-order valence-electron chi connectivity index (χ3n) is 3.90. The zero-order valence-electron chi connectivity index (χ0n) is 14.6. The van der Waals surface area contributed by atoms with Crippen LogP contribution in [0.1, 0.15) is 11.1 Å². The molecule has 0 aromatic heterocycles. The number of benzene rings is 3. The van der Waals surface area contributed by atoms with Gasteiger partial charge in [0.25, 0.3) is 0 Å². The highest BCUT2D eigenvalue weighted by atomic mass is 79.9. The molecule has 0 radical (unpaired) electrons. The Kier molecular flexibility index (Phi) is 6.58. The predicted molar refractivity (Wildman–Crippen MR) is 110 cm³/mol. The molecule has 140 valence electrons. The van der Waals surface area contributed by atoms with Gasteiger partial charge in [-0.2, -0.15) is 0 Å². The van der Waals surface area contributed by atoms with Crippen LogP contribution in [0.5, 0.6) is 11.5 Å². The standard InChI is InChI=1S/C21H18BrClFNO2/c1-26-20-11-15(12-25-18-7-5-16(22)6-8-18)10-19(23)21(20)27-13-14-3-2-4-17(24)9-14/h2-11,25H,12-13H2,1H3. The van der Waals surface area contributed by atoms with Crippen LogP contribution in [0.4, 0.5) is 10.1 Å². The summed E-state index contributed by atoms with van der Waals surface area (Å²) in [5.41, 5.74) is 2.67. The second-order valence-electron chi connectivity index (χ2n) is 5.89. The van der Waals surface area contributed by atoms with E-state index in [9.17, 15) is 4.39 Å². The largest absolute Gasteiger partial charge is 0.493 e. The Morgan fingerprint density at radius 1 is 1.04 bits per heavy atom. The average molecular weight is 451 g/mol. The Bertz CT molecular complexity index is 919. The number of hydrogen-bond acceptors (Lipinski definition) is 3. The van der Waals surface area contributed by atoms with E-state index in [0.717, 1.165) is 15.7 Å². The summed E-state index contributed by atoms with van der Waals surface area (Å²) in [6.45, 7) is 0.784. The molecule has 0 saturated carbocycles. The number of ether oxygens (including phenoxy) is 2. The lowest BCUT2D eigenvalue weighted by atomic mass is 10.2. The molecule has 3 aromatic rings. The van der Waals surface area contributed by atoms with E-state index in [-0.39, 0.29) is 12.4 Å². The molecular weight excluding hydrogens is 433 g/mol. The summed E-state index contributed by atoms with van der Waals surface area (Å²) < 4.78 is 25.5. The van der Waals surface area contributed by atoms with Crippen LogP contribution in [0, 0.1) is 5.82 Å². The number of rotatable bonds is 7. The minimum absolute atomic E-state index is 0.199. The zero-order chi connectivity index (χ0) is 19.2. The fourth-order valence-electron chi connectivity index (χ4n) is 2.57. The van der Waals surface area contributed by atoms with Crippen LogP contribution in [-0.2, 0) is 13.2 Å². The SMILES string of the molecule is COc1cc(CNc2ccc(Br)cc2)cc(Cl)c1OCc1cccc(F)c1. The van der Waals surface area contributed by atoms with Gasteiger partial charge in [-0.05, 0) is 59.7 Å². The molecule has 6 heteroatoms. The van der Waals surface area contributed by atoms with Crippen molar-refractivity contribution in [3.8, 4) is 11.5 Å². The fraction of sp³-hybridized carbons (Fsp3) is 0.143. The summed E-state index contributed by atoms with van der Waals surface area (Å²) in [5.74, 6) is 0.672. The van der Waals surface area contributed by atoms with Crippen molar-refractivity contribution in [2.75, 3.05) is 12.4 Å². The van der Waals surface area contributed by atoms with Gasteiger partial charge in [0, 0.05) is 16.7 Å². The molecule has 0 spiro atoms. The molecular formula is C21H18BrClFNO2. The third-order valence-corrected chi connectivity index (χ3v) is 4.71. The molecule has 1 N–H and O–H groups in total. The van der Waals surface area contributed by atoms with Gasteiger partial charge in [-0.15, -0.1) is 0 Å². The van der Waals surface area contributed by atoms with Crippen LogP contribution >= 0.6 is 27.5 Å². The molecule has 0 heterocycles. The lowest BCUT2D eigenvalue weighted by molar-refractivity contribution is 0.284. The normalized spacial score (nSPS) is 10.5. The molecule has 0 aliphatic carbocycles. The van der Waals surface area contributed by atoms with Crippen molar-refractivity contribution in [2.24, 2.45) is 0 Å². The quantitative estimate of drug-likeness (QED) is 0.449. The highest BCUT2D eigenvalue weighted by Gasteiger charge is 2.12. The maximum absolute atomic E-state index is 13.3. The summed E-state index contributed by atoms with van der Waals surface area (Å²) in [6, 6.07) is 17.9. The second-order valence-corrected chi connectivity index (χ2v) is 7.21. The minimum Gasteiger partial charge on any atom is -0.493 e. The van der Waals surface area contributed by atoms with Gasteiger partial charge in [-0.1, -0.05) is 39.7 Å². The molecule has 0 aliphatic heterocycles. The van der Waals surface area contributed by atoms with Crippen molar-refractivity contribution >= 4 is 33.2 Å². The number of nitrogens with one attached hydrogen (secondary N) is 1. The summed E-state index contributed by atoms with van der Waals surface area (Å²) in [7, 11) is 1.56. The van der Waals surface area contributed by atoms with Gasteiger partial charge in [0.05, 0.1) is 12.1 Å². The monoisotopic (exact) mass is 449 g/mol. The topological polar surface area (TPSA) is 30.5 Å². The van der Waals surface area contributed by atoms with Gasteiger partial charge in [-0.3, -0.25) is 0 Å². The van der Waals surface area contributed by atoms with Crippen LogP contribution in [0.3, 0.4) is 0 Å². The Balaban J connectivity index is 1.71. The molecule has 0 saturated heterocycles. The second kappa shape index (κ2) is 9.11. The van der Waals surface area contributed by atoms with Gasteiger partial charge < -0.3 is 14.8 Å². The molecule has 0 bridgehead atoms. The molecule has 27 heavy (non-hydrogen) atoms. The van der Waals surface area contributed by atoms with Crippen molar-refractivity contribution in [1.82, 2.24) is 0 Å². The Labute approximate surface area is 171 Å². The lowest BCUT2D eigenvalue weighted by Crippen LogP contribution is -2.02. The van der Waals surface area contributed by atoms with E-state index in [1.807, 2.05) is 36.4 Å². The first-order chi connectivity index (χ1) is 13.0. The molecule has 0 fully saturated rings. The van der Waals surface area contributed by atoms with Crippen molar-refractivity contribution in [1.29, 1.82) is 0 Å². The van der Waals surface area contributed by atoms with Crippen molar-refractivity contribution in [3.63, 3.8) is 0 Å². The molecule has 3 aromatic carbocycles. The average Bonchev–Trinajstić information content (AvgIpc) is 2.66. The Morgan fingerprint density at radius 2 is 1.81 bits per heavy atom. The lowest BCUT2D eigenvalue weighted by Gasteiger charge is -2.15. The molecule has 0 amide bonds. The maximum atomic E-state index is 13.3. The van der Waals surface area contributed by atoms with Gasteiger partial charge in [-0.25, -0.2) is 4.39 Å².